The summed E-state index contributed by atoms with van der Waals surface area (Å²) in [5, 5.41) is 8.70. The third kappa shape index (κ3) is 1.97. The summed E-state index contributed by atoms with van der Waals surface area (Å²) in [6.45, 7) is 1.53. The van der Waals surface area contributed by atoms with Crippen LogP contribution in [0.1, 0.15) is 28.0 Å². The van der Waals surface area contributed by atoms with Gasteiger partial charge in [0.25, 0.3) is 5.91 Å². The number of aromatic nitrogens is 3. The van der Waals surface area contributed by atoms with Gasteiger partial charge in [0.15, 0.2) is 0 Å². The van der Waals surface area contributed by atoms with Crippen molar-refractivity contribution in [3.63, 3.8) is 0 Å². The van der Waals surface area contributed by atoms with Crippen molar-refractivity contribution < 1.29 is 4.79 Å². The van der Waals surface area contributed by atoms with Crippen LogP contribution in [0.25, 0.3) is 11.3 Å². The maximum atomic E-state index is 12.3. The first-order chi connectivity index (χ1) is 10.3. The Bertz CT molecular complexity index is 738. The topological polar surface area (TPSA) is 59.8 Å². The molecule has 1 aliphatic carbocycles. The Morgan fingerprint density at radius 3 is 3.14 bits per heavy atom. The monoisotopic (exact) mass is 300 g/mol. The number of aryl methyl sites for hydroxylation is 2. The van der Waals surface area contributed by atoms with Crippen molar-refractivity contribution in [1.82, 2.24) is 20.1 Å². The number of carbonyl (C=O) groups is 1. The van der Waals surface area contributed by atoms with Crippen molar-refractivity contribution in [3.05, 3.63) is 29.1 Å². The number of nitrogens with zero attached hydrogens (tertiary/aromatic N) is 3. The number of thioether (sulfide) groups is 1. The minimum absolute atomic E-state index is 0.0175. The molecule has 108 valence electrons. The van der Waals surface area contributed by atoms with E-state index in [9.17, 15) is 4.79 Å². The van der Waals surface area contributed by atoms with Crippen LogP contribution in [0.3, 0.4) is 0 Å². The summed E-state index contributed by atoms with van der Waals surface area (Å²) in [7, 11) is 0. The van der Waals surface area contributed by atoms with Gasteiger partial charge in [0.1, 0.15) is 5.69 Å². The summed E-state index contributed by atoms with van der Waals surface area (Å²) in [6, 6.07) is 2.10. The lowest BCUT2D eigenvalue weighted by Crippen LogP contribution is -2.24. The Balaban J connectivity index is 1.92. The lowest BCUT2D eigenvalue weighted by Gasteiger charge is -2.16. The molecule has 2 aromatic heterocycles. The smallest absolute Gasteiger partial charge is 0.269 e. The SMILES string of the molecule is CSc1cc2c(cn1)CCc1c-2nn2c1C(=O)NCCC2. The average Bonchev–Trinajstić information content (AvgIpc) is 2.80. The molecule has 0 atom stereocenters. The summed E-state index contributed by atoms with van der Waals surface area (Å²) in [5.41, 5.74) is 5.20. The molecule has 0 fully saturated rings. The molecule has 1 aliphatic heterocycles. The number of carbonyl (C=O) groups excluding carboxylic acids is 1. The second-order valence-electron chi connectivity index (χ2n) is 5.39. The van der Waals surface area contributed by atoms with E-state index in [0.29, 0.717) is 0 Å². The number of hydrogen-bond acceptors (Lipinski definition) is 4. The van der Waals surface area contributed by atoms with Crippen molar-refractivity contribution in [2.75, 3.05) is 12.8 Å². The third-order valence-corrected chi connectivity index (χ3v) is 4.81. The molecule has 5 nitrogen and oxygen atoms in total. The van der Waals surface area contributed by atoms with Crippen molar-refractivity contribution in [3.8, 4) is 11.3 Å². The van der Waals surface area contributed by atoms with Crippen molar-refractivity contribution in [2.45, 2.75) is 30.8 Å². The van der Waals surface area contributed by atoms with Gasteiger partial charge in [-0.05, 0) is 37.1 Å². The molecule has 6 heteroatoms. The molecule has 0 saturated carbocycles. The molecule has 2 aromatic rings. The van der Waals surface area contributed by atoms with Crippen molar-refractivity contribution in [1.29, 1.82) is 0 Å². The zero-order valence-electron chi connectivity index (χ0n) is 11.8. The molecule has 0 unspecified atom stereocenters. The maximum Gasteiger partial charge on any atom is 0.269 e. The van der Waals surface area contributed by atoms with Gasteiger partial charge in [0, 0.05) is 30.4 Å². The van der Waals surface area contributed by atoms with Crippen LogP contribution in [-0.4, -0.2) is 33.5 Å². The quantitative estimate of drug-likeness (QED) is 0.817. The van der Waals surface area contributed by atoms with Crippen molar-refractivity contribution >= 4 is 17.7 Å². The fourth-order valence-corrected chi connectivity index (χ4v) is 3.53. The van der Waals surface area contributed by atoms with Gasteiger partial charge < -0.3 is 5.32 Å². The molecular weight excluding hydrogens is 284 g/mol. The van der Waals surface area contributed by atoms with Gasteiger partial charge in [-0.2, -0.15) is 5.10 Å². The molecule has 1 N–H and O–H groups in total. The number of rotatable bonds is 1. The van der Waals surface area contributed by atoms with E-state index in [1.807, 2.05) is 17.1 Å². The van der Waals surface area contributed by atoms with Gasteiger partial charge in [0.05, 0.1) is 10.7 Å². The van der Waals surface area contributed by atoms with Crippen LogP contribution in [0.5, 0.6) is 0 Å². The van der Waals surface area contributed by atoms with Crippen molar-refractivity contribution in [2.24, 2.45) is 0 Å². The molecule has 21 heavy (non-hydrogen) atoms. The van der Waals surface area contributed by atoms with Gasteiger partial charge in [0.2, 0.25) is 0 Å². The molecule has 1 amide bonds. The minimum Gasteiger partial charge on any atom is -0.351 e. The van der Waals surface area contributed by atoms with E-state index < -0.39 is 0 Å². The number of amides is 1. The molecule has 0 spiro atoms. The first-order valence-corrected chi connectivity index (χ1v) is 8.41. The first-order valence-electron chi connectivity index (χ1n) is 7.19. The number of nitrogens with one attached hydrogen (secondary N) is 1. The Kier molecular flexibility index (Phi) is 2.99. The van der Waals surface area contributed by atoms with Crippen LogP contribution in [0, 0.1) is 0 Å². The highest BCUT2D eigenvalue weighted by Gasteiger charge is 2.29. The fraction of sp³-hybridized carbons (Fsp3) is 0.400. The molecule has 2 aliphatic rings. The van der Waals surface area contributed by atoms with E-state index in [2.05, 4.69) is 16.4 Å². The number of fused-ring (bicyclic) bond motifs is 5. The summed E-state index contributed by atoms with van der Waals surface area (Å²) >= 11 is 1.63. The van der Waals surface area contributed by atoms with Crippen LogP contribution in [0.2, 0.25) is 0 Å². The van der Waals surface area contributed by atoms with Crippen LogP contribution in [-0.2, 0) is 19.4 Å². The Hall–Kier alpha value is -1.82. The fourth-order valence-electron chi connectivity index (χ4n) is 3.14. The van der Waals surface area contributed by atoms with E-state index in [4.69, 9.17) is 5.10 Å². The second-order valence-corrected chi connectivity index (χ2v) is 6.22. The lowest BCUT2D eigenvalue weighted by molar-refractivity contribution is 0.0949. The van der Waals surface area contributed by atoms with Gasteiger partial charge in [-0.3, -0.25) is 9.48 Å². The Morgan fingerprint density at radius 1 is 1.38 bits per heavy atom. The molecule has 4 rings (SSSR count). The zero-order chi connectivity index (χ0) is 14.4. The first kappa shape index (κ1) is 12.9. The Labute approximate surface area is 127 Å². The minimum atomic E-state index is 0.0175. The summed E-state index contributed by atoms with van der Waals surface area (Å²) in [5.74, 6) is 0.0175. The summed E-state index contributed by atoms with van der Waals surface area (Å²) in [4.78, 5) is 16.7. The van der Waals surface area contributed by atoms with E-state index in [-0.39, 0.29) is 5.91 Å². The van der Waals surface area contributed by atoms with Crippen LogP contribution < -0.4 is 5.32 Å². The standard InChI is InChI=1S/C15H16N4OS/c1-21-12-7-11-9(8-17-12)3-4-10-13(11)18-19-6-2-5-16-15(20)14(10)19/h7-8H,2-6H2,1H3,(H,16,20). The van der Waals surface area contributed by atoms with Crippen LogP contribution in [0.4, 0.5) is 0 Å². The highest BCUT2D eigenvalue weighted by atomic mass is 32.2. The summed E-state index contributed by atoms with van der Waals surface area (Å²) in [6.07, 6.45) is 6.70. The predicted octanol–water partition coefficient (Wildman–Crippen LogP) is 1.90. The van der Waals surface area contributed by atoms with E-state index in [1.54, 1.807) is 11.8 Å². The highest BCUT2D eigenvalue weighted by molar-refractivity contribution is 7.98. The van der Waals surface area contributed by atoms with E-state index in [1.165, 1.54) is 5.56 Å². The maximum absolute atomic E-state index is 12.3. The predicted molar refractivity (Wildman–Crippen MR) is 81.6 cm³/mol. The molecule has 0 radical (unpaired) electrons. The normalized spacial score (nSPS) is 16.5. The molecule has 0 aromatic carbocycles. The number of hydrogen-bond donors (Lipinski definition) is 1. The van der Waals surface area contributed by atoms with Gasteiger partial charge in [-0.15, -0.1) is 11.8 Å². The highest BCUT2D eigenvalue weighted by Crippen LogP contribution is 2.36. The summed E-state index contributed by atoms with van der Waals surface area (Å²) < 4.78 is 1.89. The lowest BCUT2D eigenvalue weighted by atomic mass is 9.90. The van der Waals surface area contributed by atoms with Gasteiger partial charge in [-0.25, -0.2) is 4.98 Å². The van der Waals surface area contributed by atoms with Gasteiger partial charge >= 0.3 is 0 Å². The number of pyridine rings is 1. The second kappa shape index (κ2) is 4.87. The van der Waals surface area contributed by atoms with Crippen LogP contribution in [0.15, 0.2) is 17.3 Å². The molecule has 0 saturated heterocycles. The molecule has 0 bridgehead atoms. The van der Waals surface area contributed by atoms with E-state index >= 15 is 0 Å². The largest absolute Gasteiger partial charge is 0.351 e. The molecule has 3 heterocycles. The van der Waals surface area contributed by atoms with Crippen LogP contribution >= 0.6 is 11.8 Å². The van der Waals surface area contributed by atoms with Gasteiger partial charge in [-0.1, -0.05) is 0 Å². The molecular formula is C15H16N4OS. The zero-order valence-corrected chi connectivity index (χ0v) is 12.7. The third-order valence-electron chi connectivity index (χ3n) is 4.17. The Morgan fingerprint density at radius 2 is 2.29 bits per heavy atom. The average molecular weight is 300 g/mol. The van der Waals surface area contributed by atoms with E-state index in [0.717, 1.165) is 59.9 Å².